The van der Waals surface area contributed by atoms with Crippen molar-refractivity contribution in [2.45, 2.75) is 59.9 Å². The number of nitrogens with one attached hydrogen (secondary N) is 1. The maximum atomic E-state index is 13.9. The summed E-state index contributed by atoms with van der Waals surface area (Å²) in [6.07, 6.45) is -4.71. The van der Waals surface area contributed by atoms with Gasteiger partial charge in [-0.15, -0.1) is 0 Å². The highest BCUT2D eigenvalue weighted by Gasteiger charge is 2.51. The maximum Gasteiger partial charge on any atom is 0.417 e. The molecule has 6 rings (SSSR count). The van der Waals surface area contributed by atoms with Gasteiger partial charge in [-0.1, -0.05) is 0 Å². The number of hydrogen-bond acceptors (Lipinski definition) is 7. The third kappa shape index (κ3) is 5.85. The van der Waals surface area contributed by atoms with Gasteiger partial charge >= 0.3 is 12.3 Å². The standard InChI is InChI=1S/C21H23F5N2O4S.C5H6N2O2/c22-20(23)9-28(10-20)18(29)13-1-3-15(5-13)33(30,31)17-4-2-14(6-16(17)21(24,25)26)27-7-19(8-27)11-32-12-19;6-3-5(1-2-5)7-4(8)9/h2,4,6,13,15H,1,3,5,7-12H2;7H,1-2H2,(H,8,9)/t13-,15-;/m1./s1. The van der Waals surface area contributed by atoms with Crippen molar-refractivity contribution < 1.29 is 49.8 Å². The number of rotatable bonds is 5. The van der Waals surface area contributed by atoms with Gasteiger partial charge in [-0.25, -0.2) is 22.0 Å². The Hall–Kier alpha value is -3.19. The van der Waals surface area contributed by atoms with Gasteiger partial charge in [-0.05, 0) is 50.3 Å². The Kier molecular flexibility index (Phi) is 7.36. The van der Waals surface area contributed by atoms with Crippen LogP contribution in [0.25, 0.3) is 0 Å². The number of halogens is 5. The summed E-state index contributed by atoms with van der Waals surface area (Å²) in [5.74, 6) is -4.28. The zero-order valence-electron chi connectivity index (χ0n) is 22.3. The van der Waals surface area contributed by atoms with Gasteiger partial charge in [-0.3, -0.25) is 4.79 Å². The molecule has 1 spiro atoms. The van der Waals surface area contributed by atoms with E-state index in [1.807, 2.05) is 6.07 Å². The molecule has 2 N–H and O–H groups in total. The summed E-state index contributed by atoms with van der Waals surface area (Å²) in [6.45, 7) is 0.834. The van der Waals surface area contributed by atoms with Crippen LogP contribution in [0.1, 0.15) is 37.7 Å². The quantitative estimate of drug-likeness (QED) is 0.479. The van der Waals surface area contributed by atoms with Crippen LogP contribution in [0.5, 0.6) is 0 Å². The Morgan fingerprint density at radius 3 is 2.19 bits per heavy atom. The largest absolute Gasteiger partial charge is 0.465 e. The van der Waals surface area contributed by atoms with Gasteiger partial charge in [0.1, 0.15) is 5.54 Å². The molecule has 0 aromatic heterocycles. The number of likely N-dealkylation sites (tertiary alicyclic amines) is 1. The van der Waals surface area contributed by atoms with E-state index in [4.69, 9.17) is 15.1 Å². The topological polar surface area (TPSA) is 140 Å². The van der Waals surface area contributed by atoms with E-state index in [0.717, 1.165) is 17.0 Å². The summed E-state index contributed by atoms with van der Waals surface area (Å²) in [5, 5.41) is 17.5. The van der Waals surface area contributed by atoms with Crippen molar-refractivity contribution in [2.75, 3.05) is 44.3 Å². The molecular formula is C26H29F5N4O6S. The molecule has 3 heterocycles. The van der Waals surface area contributed by atoms with Crippen LogP contribution < -0.4 is 10.2 Å². The third-order valence-electron chi connectivity index (χ3n) is 8.45. The van der Waals surface area contributed by atoms with Gasteiger partial charge in [0, 0.05) is 24.7 Å². The number of nitriles is 1. The Balaban J connectivity index is 0.000000336. The summed E-state index contributed by atoms with van der Waals surface area (Å²) in [4.78, 5) is 24.3. The molecular weight excluding hydrogens is 591 g/mol. The van der Waals surface area contributed by atoms with Gasteiger partial charge in [-0.2, -0.15) is 18.4 Å². The molecule has 3 saturated heterocycles. The molecule has 1 aromatic carbocycles. The number of carboxylic acid groups (broad SMARTS) is 1. The van der Waals surface area contributed by atoms with Crippen LogP contribution in [0.15, 0.2) is 23.1 Å². The lowest BCUT2D eigenvalue weighted by atomic mass is 9.77. The number of sulfone groups is 1. The van der Waals surface area contributed by atoms with E-state index in [-0.39, 0.29) is 24.7 Å². The normalized spacial score (nSPS) is 26.5. The van der Waals surface area contributed by atoms with Crippen molar-refractivity contribution in [1.82, 2.24) is 10.2 Å². The molecule has 5 fully saturated rings. The monoisotopic (exact) mass is 620 g/mol. The molecule has 230 valence electrons. The summed E-state index contributed by atoms with van der Waals surface area (Å²) < 4.78 is 99.2. The van der Waals surface area contributed by atoms with E-state index in [9.17, 15) is 40.0 Å². The average molecular weight is 621 g/mol. The number of nitrogens with zero attached hydrogens (tertiary/aromatic N) is 3. The highest BCUT2D eigenvalue weighted by atomic mass is 32.2. The number of ether oxygens (including phenoxy) is 1. The Morgan fingerprint density at radius 2 is 1.74 bits per heavy atom. The first kappa shape index (κ1) is 30.3. The highest BCUT2D eigenvalue weighted by Crippen LogP contribution is 2.45. The maximum absolute atomic E-state index is 13.9. The van der Waals surface area contributed by atoms with Crippen LogP contribution in [0, 0.1) is 22.7 Å². The zero-order chi connectivity index (χ0) is 30.7. The molecule has 2 aliphatic carbocycles. The lowest BCUT2D eigenvalue weighted by molar-refractivity contribution is -0.169. The molecule has 3 aliphatic heterocycles. The van der Waals surface area contributed by atoms with Crippen molar-refractivity contribution in [3.05, 3.63) is 23.8 Å². The van der Waals surface area contributed by atoms with Crippen LogP contribution in [0.4, 0.5) is 32.4 Å². The summed E-state index contributed by atoms with van der Waals surface area (Å²) >= 11 is 0. The average Bonchev–Trinajstić information content (AvgIpc) is 3.40. The van der Waals surface area contributed by atoms with Gasteiger partial charge in [0.15, 0.2) is 9.84 Å². The van der Waals surface area contributed by atoms with Crippen molar-refractivity contribution in [1.29, 1.82) is 5.26 Å². The number of amides is 2. The van der Waals surface area contributed by atoms with E-state index >= 15 is 0 Å². The highest BCUT2D eigenvalue weighted by molar-refractivity contribution is 7.92. The number of alkyl halides is 5. The fraction of sp³-hybridized carbons (Fsp3) is 0.654. The number of carbonyl (C=O) groups is 2. The Morgan fingerprint density at radius 1 is 1.10 bits per heavy atom. The lowest BCUT2D eigenvalue weighted by Gasteiger charge is -2.56. The van der Waals surface area contributed by atoms with Crippen molar-refractivity contribution >= 4 is 27.5 Å². The molecule has 2 saturated carbocycles. The number of hydrogen-bond donors (Lipinski definition) is 2. The molecule has 42 heavy (non-hydrogen) atoms. The van der Waals surface area contributed by atoms with E-state index in [1.54, 1.807) is 4.90 Å². The SMILES string of the molecule is N#CC1(NC(=O)O)CC1.O=C([C@@H]1CC[C@@H](S(=O)(=O)c2ccc(N3CC4(COC4)C3)cc2C(F)(F)F)C1)N1CC(F)(F)C1. The molecule has 0 bridgehead atoms. The Bertz CT molecular complexity index is 1400. The van der Waals surface area contributed by atoms with Gasteiger partial charge in [0.25, 0.3) is 5.92 Å². The fourth-order valence-electron chi connectivity index (χ4n) is 5.85. The minimum Gasteiger partial charge on any atom is -0.465 e. The number of benzene rings is 1. The number of carbonyl (C=O) groups excluding carboxylic acids is 1. The van der Waals surface area contributed by atoms with Crippen molar-refractivity contribution in [2.24, 2.45) is 11.3 Å². The second-order valence-corrected chi connectivity index (χ2v) is 14.1. The number of anilines is 1. The smallest absolute Gasteiger partial charge is 0.417 e. The predicted molar refractivity (Wildman–Crippen MR) is 135 cm³/mol. The van der Waals surface area contributed by atoms with Crippen molar-refractivity contribution in [3.8, 4) is 6.07 Å². The first-order valence-electron chi connectivity index (χ1n) is 13.4. The van der Waals surface area contributed by atoms with Crippen molar-refractivity contribution in [3.63, 3.8) is 0 Å². The van der Waals surface area contributed by atoms with E-state index < -0.39 is 74.2 Å². The molecule has 1 aromatic rings. The second-order valence-electron chi connectivity index (χ2n) is 11.9. The summed E-state index contributed by atoms with van der Waals surface area (Å²) in [7, 11) is -4.38. The molecule has 5 aliphatic rings. The third-order valence-corrected chi connectivity index (χ3v) is 10.7. The van der Waals surface area contributed by atoms with Gasteiger partial charge in [0.2, 0.25) is 5.91 Å². The predicted octanol–water partition coefficient (Wildman–Crippen LogP) is 3.27. The molecule has 10 nitrogen and oxygen atoms in total. The van der Waals surface area contributed by atoms with Crippen LogP contribution >= 0.6 is 0 Å². The minimum absolute atomic E-state index is 0.0106. The minimum atomic E-state index is -4.88. The second kappa shape index (κ2) is 10.2. The first-order valence-corrected chi connectivity index (χ1v) is 14.9. The van der Waals surface area contributed by atoms with Gasteiger partial charge in [0.05, 0.1) is 53.5 Å². The molecule has 0 radical (unpaired) electrons. The lowest BCUT2D eigenvalue weighted by Crippen LogP contribution is -2.66. The molecule has 2 atom stereocenters. The van der Waals surface area contributed by atoms with Crippen LogP contribution in [-0.2, 0) is 25.5 Å². The van der Waals surface area contributed by atoms with Crippen LogP contribution in [0.2, 0.25) is 0 Å². The van der Waals surface area contributed by atoms with Crippen LogP contribution in [0.3, 0.4) is 0 Å². The van der Waals surface area contributed by atoms with E-state index in [1.165, 1.54) is 6.07 Å². The first-order chi connectivity index (χ1) is 19.5. The van der Waals surface area contributed by atoms with E-state index in [0.29, 0.717) is 44.8 Å². The fourth-order valence-corrected chi connectivity index (χ4v) is 7.88. The summed E-state index contributed by atoms with van der Waals surface area (Å²) in [5.41, 5.74) is -1.67. The molecule has 2 amide bonds. The van der Waals surface area contributed by atoms with Gasteiger partial charge < -0.3 is 25.0 Å². The Labute approximate surface area is 238 Å². The zero-order valence-corrected chi connectivity index (χ0v) is 23.1. The van der Waals surface area contributed by atoms with E-state index in [2.05, 4.69) is 5.32 Å². The molecule has 16 heteroatoms. The van der Waals surface area contributed by atoms with Crippen LogP contribution in [-0.4, -0.2) is 86.5 Å². The molecule has 0 unspecified atom stereocenters. The summed E-state index contributed by atoms with van der Waals surface area (Å²) in [6, 6.07) is 5.15.